The predicted molar refractivity (Wildman–Crippen MR) is 67.9 cm³/mol. The molecule has 1 rings (SSSR count). The molecule has 0 atom stereocenters. The summed E-state index contributed by atoms with van der Waals surface area (Å²) in [6.45, 7) is 4.58. The average Bonchev–Trinajstić information content (AvgIpc) is 2.23. The molecular formula is C13H18N2O. The van der Waals surface area contributed by atoms with Crippen LogP contribution in [0.2, 0.25) is 0 Å². The Morgan fingerprint density at radius 2 is 2.25 bits per heavy atom. The van der Waals surface area contributed by atoms with Crippen molar-refractivity contribution in [2.24, 2.45) is 0 Å². The van der Waals surface area contributed by atoms with Crippen LogP contribution >= 0.6 is 0 Å². The molecule has 16 heavy (non-hydrogen) atoms. The number of carbonyl (C=O) groups is 1. The zero-order valence-corrected chi connectivity index (χ0v) is 9.79. The van der Waals surface area contributed by atoms with E-state index in [1.165, 1.54) is 0 Å². The first-order chi connectivity index (χ1) is 7.63. The van der Waals surface area contributed by atoms with Crippen molar-refractivity contribution in [1.82, 2.24) is 5.32 Å². The monoisotopic (exact) mass is 218 g/mol. The third kappa shape index (κ3) is 3.77. The Bertz CT molecular complexity index is 397. The van der Waals surface area contributed by atoms with Crippen molar-refractivity contribution in [3.63, 3.8) is 0 Å². The molecule has 0 bridgehead atoms. The normalized spacial score (nSPS) is 10.6. The maximum absolute atomic E-state index is 11.2. The lowest BCUT2D eigenvalue weighted by Gasteiger charge is -2.01. The Morgan fingerprint density at radius 1 is 1.50 bits per heavy atom. The number of benzene rings is 1. The SMILES string of the molecule is CCNC(=O)C/C=C\c1cc(C)ccc1N. The molecule has 0 aliphatic rings. The van der Waals surface area contributed by atoms with Crippen molar-refractivity contribution in [3.05, 3.63) is 35.4 Å². The van der Waals surface area contributed by atoms with Gasteiger partial charge in [0.05, 0.1) is 0 Å². The number of amides is 1. The molecule has 3 heteroatoms. The van der Waals surface area contributed by atoms with E-state index in [4.69, 9.17) is 5.73 Å². The van der Waals surface area contributed by atoms with Crippen LogP contribution in [0.3, 0.4) is 0 Å². The lowest BCUT2D eigenvalue weighted by molar-refractivity contribution is -0.120. The van der Waals surface area contributed by atoms with Gasteiger partial charge in [0.25, 0.3) is 0 Å². The molecule has 0 aromatic heterocycles. The number of rotatable bonds is 4. The zero-order valence-electron chi connectivity index (χ0n) is 9.79. The van der Waals surface area contributed by atoms with E-state index in [2.05, 4.69) is 5.32 Å². The third-order valence-electron chi connectivity index (χ3n) is 2.22. The summed E-state index contributed by atoms with van der Waals surface area (Å²) in [7, 11) is 0. The lowest BCUT2D eigenvalue weighted by Crippen LogP contribution is -2.21. The minimum Gasteiger partial charge on any atom is -0.398 e. The Hall–Kier alpha value is -1.77. The highest BCUT2D eigenvalue weighted by Gasteiger charge is 1.97. The number of hydrogen-bond acceptors (Lipinski definition) is 2. The van der Waals surface area contributed by atoms with E-state index in [-0.39, 0.29) is 5.91 Å². The first-order valence-corrected chi connectivity index (χ1v) is 5.43. The van der Waals surface area contributed by atoms with Crippen LogP contribution in [0.25, 0.3) is 6.08 Å². The number of carbonyl (C=O) groups excluding carboxylic acids is 1. The van der Waals surface area contributed by atoms with Crippen LogP contribution in [-0.2, 0) is 4.79 Å². The molecule has 0 saturated heterocycles. The quantitative estimate of drug-likeness (QED) is 0.760. The minimum absolute atomic E-state index is 0.0324. The first-order valence-electron chi connectivity index (χ1n) is 5.43. The van der Waals surface area contributed by atoms with Crippen molar-refractivity contribution in [2.45, 2.75) is 20.3 Å². The standard InChI is InChI=1S/C13H18N2O/c1-3-15-13(16)6-4-5-11-9-10(2)7-8-12(11)14/h4-5,7-9H,3,6,14H2,1-2H3,(H,15,16)/b5-4-. The highest BCUT2D eigenvalue weighted by molar-refractivity contribution is 5.79. The second kappa shape index (κ2) is 5.95. The van der Waals surface area contributed by atoms with Gasteiger partial charge >= 0.3 is 0 Å². The van der Waals surface area contributed by atoms with Gasteiger partial charge in [-0.25, -0.2) is 0 Å². The number of nitrogens with one attached hydrogen (secondary N) is 1. The maximum atomic E-state index is 11.2. The summed E-state index contributed by atoms with van der Waals surface area (Å²) >= 11 is 0. The van der Waals surface area contributed by atoms with Gasteiger partial charge in [0.2, 0.25) is 5.91 Å². The molecule has 0 fully saturated rings. The number of nitrogen functional groups attached to an aromatic ring is 1. The maximum Gasteiger partial charge on any atom is 0.223 e. The van der Waals surface area contributed by atoms with Gasteiger partial charge in [0.1, 0.15) is 0 Å². The lowest BCUT2D eigenvalue weighted by atomic mass is 10.1. The number of aryl methyl sites for hydroxylation is 1. The highest BCUT2D eigenvalue weighted by Crippen LogP contribution is 2.15. The minimum atomic E-state index is 0.0324. The van der Waals surface area contributed by atoms with Crippen LogP contribution in [0.5, 0.6) is 0 Å². The van der Waals surface area contributed by atoms with Gasteiger partial charge in [0.15, 0.2) is 0 Å². The van der Waals surface area contributed by atoms with Crippen molar-refractivity contribution in [2.75, 3.05) is 12.3 Å². The largest absolute Gasteiger partial charge is 0.398 e. The number of anilines is 1. The molecule has 0 radical (unpaired) electrons. The predicted octanol–water partition coefficient (Wildman–Crippen LogP) is 2.12. The van der Waals surface area contributed by atoms with Gasteiger partial charge in [-0.2, -0.15) is 0 Å². The molecule has 0 unspecified atom stereocenters. The second-order valence-electron chi connectivity index (χ2n) is 3.69. The van der Waals surface area contributed by atoms with Gasteiger partial charge in [-0.15, -0.1) is 0 Å². The fourth-order valence-corrected chi connectivity index (χ4v) is 1.40. The van der Waals surface area contributed by atoms with Crippen LogP contribution in [-0.4, -0.2) is 12.5 Å². The summed E-state index contributed by atoms with van der Waals surface area (Å²) in [5.74, 6) is 0.0324. The molecule has 1 amide bonds. The molecule has 3 nitrogen and oxygen atoms in total. The van der Waals surface area contributed by atoms with E-state index in [9.17, 15) is 4.79 Å². The third-order valence-corrected chi connectivity index (χ3v) is 2.22. The Kier molecular flexibility index (Phi) is 4.58. The first kappa shape index (κ1) is 12.3. The summed E-state index contributed by atoms with van der Waals surface area (Å²) in [5.41, 5.74) is 8.67. The fourth-order valence-electron chi connectivity index (χ4n) is 1.40. The Balaban J connectivity index is 2.62. The highest BCUT2D eigenvalue weighted by atomic mass is 16.1. The molecule has 0 saturated carbocycles. The van der Waals surface area contributed by atoms with Crippen LogP contribution in [0.15, 0.2) is 24.3 Å². The Morgan fingerprint density at radius 3 is 2.94 bits per heavy atom. The summed E-state index contributed by atoms with van der Waals surface area (Å²) in [6, 6.07) is 5.85. The molecule has 0 aliphatic carbocycles. The zero-order chi connectivity index (χ0) is 12.0. The van der Waals surface area contributed by atoms with Gasteiger partial charge < -0.3 is 11.1 Å². The van der Waals surface area contributed by atoms with Crippen LogP contribution in [0.4, 0.5) is 5.69 Å². The molecule has 86 valence electrons. The topological polar surface area (TPSA) is 55.1 Å². The van der Waals surface area contributed by atoms with E-state index < -0.39 is 0 Å². The molecular weight excluding hydrogens is 200 g/mol. The van der Waals surface area contributed by atoms with E-state index in [1.54, 1.807) is 0 Å². The fraction of sp³-hybridized carbons (Fsp3) is 0.308. The van der Waals surface area contributed by atoms with Gasteiger partial charge in [-0.05, 0) is 31.5 Å². The summed E-state index contributed by atoms with van der Waals surface area (Å²) in [4.78, 5) is 11.2. The van der Waals surface area contributed by atoms with E-state index >= 15 is 0 Å². The summed E-state index contributed by atoms with van der Waals surface area (Å²) in [5, 5.41) is 2.74. The van der Waals surface area contributed by atoms with E-state index in [0.29, 0.717) is 13.0 Å². The number of hydrogen-bond donors (Lipinski definition) is 2. The van der Waals surface area contributed by atoms with Crippen LogP contribution in [0.1, 0.15) is 24.5 Å². The molecule has 1 aromatic rings. The van der Waals surface area contributed by atoms with Crippen molar-refractivity contribution >= 4 is 17.7 Å². The van der Waals surface area contributed by atoms with Gasteiger partial charge in [0, 0.05) is 18.7 Å². The van der Waals surface area contributed by atoms with Crippen LogP contribution in [0, 0.1) is 6.92 Å². The number of nitrogens with two attached hydrogens (primary N) is 1. The summed E-state index contributed by atoms with van der Waals surface area (Å²) in [6.07, 6.45) is 4.11. The molecule has 3 N–H and O–H groups in total. The second-order valence-corrected chi connectivity index (χ2v) is 3.69. The molecule has 0 spiro atoms. The molecule has 0 heterocycles. The van der Waals surface area contributed by atoms with Crippen molar-refractivity contribution in [3.8, 4) is 0 Å². The Labute approximate surface area is 96.3 Å². The average molecular weight is 218 g/mol. The van der Waals surface area contributed by atoms with Gasteiger partial charge in [-0.3, -0.25) is 4.79 Å². The van der Waals surface area contributed by atoms with Crippen molar-refractivity contribution in [1.29, 1.82) is 0 Å². The molecule has 0 aliphatic heterocycles. The van der Waals surface area contributed by atoms with Crippen molar-refractivity contribution < 1.29 is 4.79 Å². The van der Waals surface area contributed by atoms with Gasteiger partial charge in [-0.1, -0.05) is 23.8 Å². The smallest absolute Gasteiger partial charge is 0.223 e. The van der Waals surface area contributed by atoms with E-state index in [1.807, 2.05) is 44.2 Å². The van der Waals surface area contributed by atoms with Crippen LogP contribution < -0.4 is 11.1 Å². The molecule has 1 aromatic carbocycles. The summed E-state index contributed by atoms with van der Waals surface area (Å²) < 4.78 is 0. The van der Waals surface area contributed by atoms with E-state index in [0.717, 1.165) is 16.8 Å².